The predicted molar refractivity (Wildman–Crippen MR) is 91.9 cm³/mol. The molecule has 23 heavy (non-hydrogen) atoms. The molecule has 0 bridgehead atoms. The average Bonchev–Trinajstić information content (AvgIpc) is 2.70. The first-order chi connectivity index (χ1) is 10.8. The van der Waals surface area contributed by atoms with Gasteiger partial charge in [0.1, 0.15) is 6.10 Å². The van der Waals surface area contributed by atoms with Crippen molar-refractivity contribution in [2.75, 3.05) is 6.61 Å². The minimum Gasteiger partial charge on any atom is -0.396 e. The summed E-state index contributed by atoms with van der Waals surface area (Å²) in [6.45, 7) is 8.23. The third kappa shape index (κ3) is 7.22. The smallest absolute Gasteiger partial charge is 0.118 e. The van der Waals surface area contributed by atoms with Gasteiger partial charge in [-0.25, -0.2) is 0 Å². The van der Waals surface area contributed by atoms with E-state index >= 15 is 0 Å². The van der Waals surface area contributed by atoms with Crippen LogP contribution < -0.4 is 0 Å². The summed E-state index contributed by atoms with van der Waals surface area (Å²) >= 11 is 0. The zero-order chi connectivity index (χ0) is 17.5. The van der Waals surface area contributed by atoms with Gasteiger partial charge in [0.05, 0.1) is 23.7 Å². The van der Waals surface area contributed by atoms with Crippen LogP contribution in [-0.2, 0) is 4.74 Å². The third-order valence-corrected chi connectivity index (χ3v) is 4.29. The number of unbranched alkanes of at least 4 members (excludes halogenated alkanes) is 2. The van der Waals surface area contributed by atoms with Gasteiger partial charge >= 0.3 is 0 Å². The summed E-state index contributed by atoms with van der Waals surface area (Å²) in [6.07, 6.45) is 3.71. The Kier molecular flexibility index (Phi) is 8.57. The fraction of sp³-hybridized carbons (Fsp3) is 0.895. The molecule has 1 saturated carbocycles. The molecule has 134 valence electrons. The summed E-state index contributed by atoms with van der Waals surface area (Å²) in [6, 6.07) is 0. The standard InChI is InChI=1S/C19H34O4/c1-5-6-7-8-14(23-19(2,3)4)9-10-15-16(11-12-20)18(22)13-17(15)21/h14-18,20-22H,5-8,11-13H2,1-4H3/t14-,15+,16+,17+,18-/m1/s1. The van der Waals surface area contributed by atoms with E-state index in [1.165, 1.54) is 0 Å². The summed E-state index contributed by atoms with van der Waals surface area (Å²) in [4.78, 5) is 0. The first-order valence-electron chi connectivity index (χ1n) is 8.94. The molecule has 1 fully saturated rings. The normalized spacial score (nSPS) is 29.2. The van der Waals surface area contributed by atoms with Crippen LogP contribution in [-0.4, -0.2) is 45.8 Å². The highest BCUT2D eigenvalue weighted by Crippen LogP contribution is 2.34. The van der Waals surface area contributed by atoms with Gasteiger partial charge in [0.15, 0.2) is 0 Å². The van der Waals surface area contributed by atoms with Gasteiger partial charge in [-0.05, 0) is 40.0 Å². The van der Waals surface area contributed by atoms with Crippen LogP contribution in [0.3, 0.4) is 0 Å². The molecule has 0 radical (unpaired) electrons. The largest absolute Gasteiger partial charge is 0.396 e. The molecule has 4 heteroatoms. The van der Waals surface area contributed by atoms with Crippen LogP contribution in [0.2, 0.25) is 0 Å². The summed E-state index contributed by atoms with van der Waals surface area (Å²) in [7, 11) is 0. The molecule has 0 aromatic rings. The monoisotopic (exact) mass is 326 g/mol. The quantitative estimate of drug-likeness (QED) is 0.496. The fourth-order valence-corrected chi connectivity index (χ4v) is 3.17. The number of ether oxygens (including phenoxy) is 1. The van der Waals surface area contributed by atoms with E-state index in [9.17, 15) is 10.2 Å². The summed E-state index contributed by atoms with van der Waals surface area (Å²) in [5.74, 6) is 5.90. The second kappa shape index (κ2) is 9.64. The van der Waals surface area contributed by atoms with Crippen molar-refractivity contribution in [2.45, 2.75) is 90.1 Å². The van der Waals surface area contributed by atoms with E-state index in [2.05, 4.69) is 18.8 Å². The van der Waals surface area contributed by atoms with Crippen LogP contribution in [0.15, 0.2) is 0 Å². The first-order valence-corrected chi connectivity index (χ1v) is 8.94. The number of aliphatic hydroxyl groups excluding tert-OH is 3. The molecule has 0 aliphatic heterocycles. The van der Waals surface area contributed by atoms with E-state index in [1.807, 2.05) is 20.8 Å². The van der Waals surface area contributed by atoms with Crippen molar-refractivity contribution in [3.05, 3.63) is 0 Å². The number of aliphatic hydroxyl groups is 3. The maximum absolute atomic E-state index is 10.1. The molecule has 0 spiro atoms. The van der Waals surface area contributed by atoms with E-state index in [0.717, 1.165) is 25.7 Å². The lowest BCUT2D eigenvalue weighted by molar-refractivity contribution is -0.0375. The molecular formula is C19H34O4. The van der Waals surface area contributed by atoms with Crippen molar-refractivity contribution in [3.63, 3.8) is 0 Å². The first kappa shape index (κ1) is 20.4. The summed E-state index contributed by atoms with van der Waals surface area (Å²) in [5, 5.41) is 29.3. The maximum Gasteiger partial charge on any atom is 0.118 e. The third-order valence-electron chi connectivity index (χ3n) is 4.29. The lowest BCUT2D eigenvalue weighted by Crippen LogP contribution is -2.27. The van der Waals surface area contributed by atoms with Gasteiger partial charge in [0, 0.05) is 18.9 Å². The molecule has 4 nitrogen and oxygen atoms in total. The minimum absolute atomic E-state index is 0.00501. The van der Waals surface area contributed by atoms with Crippen molar-refractivity contribution < 1.29 is 20.1 Å². The van der Waals surface area contributed by atoms with Gasteiger partial charge in [0.25, 0.3) is 0 Å². The molecular weight excluding hydrogens is 292 g/mol. The highest BCUT2D eigenvalue weighted by Gasteiger charge is 2.40. The van der Waals surface area contributed by atoms with Gasteiger partial charge in [-0.2, -0.15) is 0 Å². The van der Waals surface area contributed by atoms with Gasteiger partial charge < -0.3 is 20.1 Å². The molecule has 0 amide bonds. The van der Waals surface area contributed by atoms with E-state index < -0.39 is 12.2 Å². The van der Waals surface area contributed by atoms with E-state index in [4.69, 9.17) is 9.84 Å². The van der Waals surface area contributed by atoms with Crippen LogP contribution in [0.1, 0.15) is 66.2 Å². The highest BCUT2D eigenvalue weighted by atomic mass is 16.5. The Morgan fingerprint density at radius 1 is 1.17 bits per heavy atom. The maximum atomic E-state index is 10.1. The SMILES string of the molecule is CCCCC[C@H](C#C[C@H]1[C@H](CCO)[C@H](O)C[C@@H]1O)OC(C)(C)C. The highest BCUT2D eigenvalue weighted by molar-refractivity contribution is 5.15. The van der Waals surface area contributed by atoms with Crippen LogP contribution in [0.5, 0.6) is 0 Å². The lowest BCUT2D eigenvalue weighted by Gasteiger charge is -2.25. The zero-order valence-electron chi connectivity index (χ0n) is 15.1. The minimum atomic E-state index is -0.625. The molecule has 0 heterocycles. The molecule has 3 N–H and O–H groups in total. The number of hydrogen-bond acceptors (Lipinski definition) is 4. The number of hydrogen-bond donors (Lipinski definition) is 3. The lowest BCUT2D eigenvalue weighted by atomic mass is 9.91. The van der Waals surface area contributed by atoms with Crippen LogP contribution in [0.4, 0.5) is 0 Å². The Bertz CT molecular complexity index is 390. The molecule has 0 saturated heterocycles. The molecule has 0 aromatic carbocycles. The van der Waals surface area contributed by atoms with Crippen molar-refractivity contribution >= 4 is 0 Å². The molecule has 1 rings (SSSR count). The van der Waals surface area contributed by atoms with E-state index in [-0.39, 0.29) is 30.1 Å². The van der Waals surface area contributed by atoms with Crippen LogP contribution in [0, 0.1) is 23.7 Å². The van der Waals surface area contributed by atoms with Crippen LogP contribution in [0.25, 0.3) is 0 Å². The second-order valence-electron chi connectivity index (χ2n) is 7.58. The average molecular weight is 326 g/mol. The van der Waals surface area contributed by atoms with Crippen LogP contribution >= 0.6 is 0 Å². The van der Waals surface area contributed by atoms with Gasteiger partial charge in [0.2, 0.25) is 0 Å². The molecule has 5 atom stereocenters. The Morgan fingerprint density at radius 3 is 2.43 bits per heavy atom. The van der Waals surface area contributed by atoms with Crippen molar-refractivity contribution in [2.24, 2.45) is 11.8 Å². The molecule has 0 unspecified atom stereocenters. The molecule has 1 aliphatic carbocycles. The molecule has 0 aromatic heterocycles. The van der Waals surface area contributed by atoms with E-state index in [0.29, 0.717) is 12.8 Å². The number of rotatable bonds is 7. The topological polar surface area (TPSA) is 69.9 Å². The van der Waals surface area contributed by atoms with Crippen molar-refractivity contribution in [3.8, 4) is 11.8 Å². The summed E-state index contributed by atoms with van der Waals surface area (Å²) < 4.78 is 6.03. The summed E-state index contributed by atoms with van der Waals surface area (Å²) in [5.41, 5.74) is -0.260. The Hall–Kier alpha value is -0.600. The fourth-order valence-electron chi connectivity index (χ4n) is 3.17. The zero-order valence-corrected chi connectivity index (χ0v) is 15.1. The molecule has 1 aliphatic rings. The Labute approximate surface area is 141 Å². The van der Waals surface area contributed by atoms with Crippen molar-refractivity contribution in [1.82, 2.24) is 0 Å². The Morgan fingerprint density at radius 2 is 1.87 bits per heavy atom. The van der Waals surface area contributed by atoms with Gasteiger partial charge in [-0.1, -0.05) is 31.6 Å². The predicted octanol–water partition coefficient (Wildman–Crippen LogP) is 2.49. The van der Waals surface area contributed by atoms with Gasteiger partial charge in [-0.15, -0.1) is 0 Å². The second-order valence-corrected chi connectivity index (χ2v) is 7.58. The van der Waals surface area contributed by atoms with Gasteiger partial charge in [-0.3, -0.25) is 0 Å². The van der Waals surface area contributed by atoms with E-state index in [1.54, 1.807) is 0 Å². The Balaban J connectivity index is 2.78. The van der Waals surface area contributed by atoms with Crippen molar-refractivity contribution in [1.29, 1.82) is 0 Å².